The van der Waals surface area contributed by atoms with Crippen LogP contribution < -0.4 is 19.5 Å². The largest absolute Gasteiger partial charge is 0.491 e. The number of fused-ring (bicyclic) bond motifs is 1. The van der Waals surface area contributed by atoms with Gasteiger partial charge >= 0.3 is 0 Å². The van der Waals surface area contributed by atoms with Crippen LogP contribution in [-0.2, 0) is 10.2 Å². The van der Waals surface area contributed by atoms with Gasteiger partial charge < -0.3 is 19.5 Å². The highest BCUT2D eigenvalue weighted by Crippen LogP contribution is 2.45. The fraction of sp³-hybridized carbons (Fsp3) is 0.409. The SMILES string of the molecule is CC(C)Oc1ccc(NC(=O)C2(c3ccc4c(c3)OCO4)CCCC2)cc1. The quantitative estimate of drug-likeness (QED) is 0.835. The van der Waals surface area contributed by atoms with Crippen molar-refractivity contribution in [2.45, 2.75) is 51.0 Å². The second kappa shape index (κ2) is 7.14. The van der Waals surface area contributed by atoms with Crippen molar-refractivity contribution in [1.82, 2.24) is 0 Å². The smallest absolute Gasteiger partial charge is 0.235 e. The minimum atomic E-state index is -0.520. The van der Waals surface area contributed by atoms with Crippen molar-refractivity contribution in [2.75, 3.05) is 12.1 Å². The van der Waals surface area contributed by atoms with Crippen LogP contribution in [0, 0.1) is 0 Å². The molecule has 2 aromatic carbocycles. The number of benzene rings is 2. The summed E-state index contributed by atoms with van der Waals surface area (Å²) in [6, 6.07) is 13.4. The third kappa shape index (κ3) is 3.46. The van der Waals surface area contributed by atoms with Gasteiger partial charge in [0.15, 0.2) is 11.5 Å². The van der Waals surface area contributed by atoms with Crippen LogP contribution in [0.1, 0.15) is 45.1 Å². The molecule has 1 heterocycles. The fourth-order valence-corrected chi connectivity index (χ4v) is 3.96. The van der Waals surface area contributed by atoms with Crippen LogP contribution in [0.25, 0.3) is 0 Å². The van der Waals surface area contributed by atoms with Gasteiger partial charge in [0.1, 0.15) is 5.75 Å². The lowest BCUT2D eigenvalue weighted by atomic mass is 9.77. The molecule has 0 saturated heterocycles. The molecule has 0 aromatic heterocycles. The van der Waals surface area contributed by atoms with Crippen LogP contribution in [0.15, 0.2) is 42.5 Å². The maximum atomic E-state index is 13.3. The number of hydrogen-bond donors (Lipinski definition) is 1. The van der Waals surface area contributed by atoms with Crippen molar-refractivity contribution >= 4 is 11.6 Å². The molecule has 4 rings (SSSR count). The second-order valence-electron chi connectivity index (χ2n) is 7.50. The van der Waals surface area contributed by atoms with E-state index in [4.69, 9.17) is 14.2 Å². The summed E-state index contributed by atoms with van der Waals surface area (Å²) in [6.45, 7) is 4.22. The molecular formula is C22H25NO4. The summed E-state index contributed by atoms with van der Waals surface area (Å²) in [6.07, 6.45) is 3.89. The van der Waals surface area contributed by atoms with Crippen molar-refractivity contribution in [3.8, 4) is 17.2 Å². The van der Waals surface area contributed by atoms with E-state index in [0.29, 0.717) is 0 Å². The zero-order valence-electron chi connectivity index (χ0n) is 15.8. The molecule has 5 nitrogen and oxygen atoms in total. The molecule has 0 unspecified atom stereocenters. The summed E-state index contributed by atoms with van der Waals surface area (Å²) in [5, 5.41) is 3.10. The normalized spacial score (nSPS) is 17.1. The van der Waals surface area contributed by atoms with Gasteiger partial charge in [-0.15, -0.1) is 0 Å². The molecule has 0 spiro atoms. The summed E-state index contributed by atoms with van der Waals surface area (Å²) in [7, 11) is 0. The van der Waals surface area contributed by atoms with Crippen LogP contribution in [-0.4, -0.2) is 18.8 Å². The molecule has 1 aliphatic heterocycles. The van der Waals surface area contributed by atoms with Crippen molar-refractivity contribution in [3.63, 3.8) is 0 Å². The molecule has 5 heteroatoms. The lowest BCUT2D eigenvalue weighted by Gasteiger charge is -2.28. The van der Waals surface area contributed by atoms with Gasteiger partial charge in [-0.1, -0.05) is 18.9 Å². The number of nitrogens with one attached hydrogen (secondary N) is 1. The highest BCUT2D eigenvalue weighted by Gasteiger charge is 2.43. The van der Waals surface area contributed by atoms with E-state index in [-0.39, 0.29) is 18.8 Å². The molecule has 1 saturated carbocycles. The Bertz CT molecular complexity index is 823. The standard InChI is InChI=1S/C22H25NO4/c1-15(2)27-18-8-6-17(7-9-18)23-21(24)22(11-3-4-12-22)16-5-10-19-20(13-16)26-14-25-19/h5-10,13,15H,3-4,11-12,14H2,1-2H3,(H,23,24). The minimum absolute atomic E-state index is 0.0383. The van der Waals surface area contributed by atoms with E-state index >= 15 is 0 Å². The van der Waals surface area contributed by atoms with Gasteiger partial charge in [-0.05, 0) is 68.7 Å². The van der Waals surface area contributed by atoms with Gasteiger partial charge in [-0.2, -0.15) is 0 Å². The summed E-state index contributed by atoms with van der Waals surface area (Å²) >= 11 is 0. The zero-order valence-corrected chi connectivity index (χ0v) is 15.8. The van der Waals surface area contributed by atoms with E-state index in [9.17, 15) is 4.79 Å². The molecule has 1 N–H and O–H groups in total. The highest BCUT2D eigenvalue weighted by molar-refractivity contribution is 5.99. The number of carbonyl (C=O) groups excluding carboxylic acids is 1. The Kier molecular flexibility index (Phi) is 4.68. The Morgan fingerprint density at radius 1 is 1.04 bits per heavy atom. The molecule has 1 aliphatic carbocycles. The van der Waals surface area contributed by atoms with Crippen LogP contribution >= 0.6 is 0 Å². The topological polar surface area (TPSA) is 56.8 Å². The van der Waals surface area contributed by atoms with Gasteiger partial charge in [-0.3, -0.25) is 4.79 Å². The van der Waals surface area contributed by atoms with Crippen LogP contribution in [0.2, 0.25) is 0 Å². The van der Waals surface area contributed by atoms with E-state index in [0.717, 1.165) is 54.2 Å². The molecule has 27 heavy (non-hydrogen) atoms. The van der Waals surface area contributed by atoms with Gasteiger partial charge in [-0.25, -0.2) is 0 Å². The van der Waals surface area contributed by atoms with E-state index in [2.05, 4.69) is 5.32 Å². The monoisotopic (exact) mass is 367 g/mol. The first-order valence-electron chi connectivity index (χ1n) is 9.55. The molecule has 0 atom stereocenters. The number of hydrogen-bond acceptors (Lipinski definition) is 4. The minimum Gasteiger partial charge on any atom is -0.491 e. The predicted octanol–water partition coefficient (Wildman–Crippen LogP) is 4.65. The predicted molar refractivity (Wildman–Crippen MR) is 104 cm³/mol. The molecule has 0 bridgehead atoms. The van der Waals surface area contributed by atoms with Crippen LogP contribution in [0.4, 0.5) is 5.69 Å². The molecule has 1 fully saturated rings. The number of rotatable bonds is 5. The third-order valence-corrected chi connectivity index (χ3v) is 5.30. The Labute approximate surface area is 159 Å². The Morgan fingerprint density at radius 3 is 2.44 bits per heavy atom. The fourth-order valence-electron chi connectivity index (χ4n) is 3.96. The van der Waals surface area contributed by atoms with Gasteiger partial charge in [0, 0.05) is 5.69 Å². The third-order valence-electron chi connectivity index (χ3n) is 5.30. The number of amides is 1. The van der Waals surface area contributed by atoms with Gasteiger partial charge in [0.25, 0.3) is 0 Å². The number of anilines is 1. The van der Waals surface area contributed by atoms with Gasteiger partial charge in [0.2, 0.25) is 12.7 Å². The van der Waals surface area contributed by atoms with Crippen molar-refractivity contribution < 1.29 is 19.0 Å². The maximum Gasteiger partial charge on any atom is 0.235 e. The molecule has 2 aromatic rings. The maximum absolute atomic E-state index is 13.3. The first kappa shape index (κ1) is 17.7. The number of ether oxygens (including phenoxy) is 3. The van der Waals surface area contributed by atoms with Crippen LogP contribution in [0.3, 0.4) is 0 Å². The van der Waals surface area contributed by atoms with E-state index in [1.165, 1.54) is 0 Å². The van der Waals surface area contributed by atoms with Gasteiger partial charge in [0.05, 0.1) is 11.5 Å². The van der Waals surface area contributed by atoms with Crippen molar-refractivity contribution in [2.24, 2.45) is 0 Å². The summed E-state index contributed by atoms with van der Waals surface area (Å²) in [5.74, 6) is 2.31. The number of carbonyl (C=O) groups is 1. The second-order valence-corrected chi connectivity index (χ2v) is 7.50. The molecule has 142 valence electrons. The average molecular weight is 367 g/mol. The summed E-state index contributed by atoms with van der Waals surface area (Å²) in [5.41, 5.74) is 1.26. The zero-order chi connectivity index (χ0) is 18.9. The highest BCUT2D eigenvalue weighted by atomic mass is 16.7. The van der Waals surface area contributed by atoms with Crippen LogP contribution in [0.5, 0.6) is 17.2 Å². The van der Waals surface area contributed by atoms with Crippen molar-refractivity contribution in [3.05, 3.63) is 48.0 Å². The van der Waals surface area contributed by atoms with E-state index in [1.54, 1.807) is 0 Å². The van der Waals surface area contributed by atoms with E-state index < -0.39 is 5.41 Å². The molecule has 0 radical (unpaired) electrons. The molecule has 2 aliphatic rings. The summed E-state index contributed by atoms with van der Waals surface area (Å²) < 4.78 is 16.6. The Morgan fingerprint density at radius 2 is 1.74 bits per heavy atom. The molecule has 1 amide bonds. The van der Waals surface area contributed by atoms with Crippen molar-refractivity contribution in [1.29, 1.82) is 0 Å². The average Bonchev–Trinajstić information content (AvgIpc) is 3.32. The lowest BCUT2D eigenvalue weighted by molar-refractivity contribution is -0.121. The Balaban J connectivity index is 1.56. The lowest BCUT2D eigenvalue weighted by Crippen LogP contribution is -2.38. The van der Waals surface area contributed by atoms with E-state index in [1.807, 2.05) is 56.3 Å². The first-order chi connectivity index (χ1) is 13.1. The Hall–Kier alpha value is -2.69. The molecular weight excluding hydrogens is 342 g/mol. The summed E-state index contributed by atoms with van der Waals surface area (Å²) in [4.78, 5) is 13.3. The first-order valence-corrected chi connectivity index (χ1v) is 9.55.